The molecule has 0 heterocycles. The molecule has 0 bridgehead atoms. The zero-order valence-electron chi connectivity index (χ0n) is 16.1. The van der Waals surface area contributed by atoms with E-state index < -0.39 is 10.8 Å². The standard InChI is InChI=1S/C23H16ClN3O4/c24-21-10-9-19(27(29)30)13-22(21)26-23(28)18(14-25)11-17-7-4-8-20(12-17)31-15-16-5-2-1-3-6-16/h1-13H,15H2,(H,26,28)/b18-11+. The SMILES string of the molecule is N#C/C(=C\c1cccc(OCc2ccccc2)c1)C(=O)Nc1cc([N+](=O)[O-])ccc1Cl. The Labute approximate surface area is 183 Å². The molecule has 0 spiro atoms. The molecule has 0 atom stereocenters. The second-order valence-corrected chi connectivity index (χ2v) is 6.80. The summed E-state index contributed by atoms with van der Waals surface area (Å²) in [4.78, 5) is 22.8. The summed E-state index contributed by atoms with van der Waals surface area (Å²) in [6.45, 7) is 0.380. The first-order valence-electron chi connectivity index (χ1n) is 9.10. The van der Waals surface area contributed by atoms with Crippen LogP contribution in [0.2, 0.25) is 5.02 Å². The smallest absolute Gasteiger partial charge is 0.271 e. The molecule has 0 saturated carbocycles. The highest BCUT2D eigenvalue weighted by atomic mass is 35.5. The number of nitrogens with one attached hydrogen (secondary N) is 1. The number of hydrogen-bond donors (Lipinski definition) is 1. The molecule has 0 saturated heterocycles. The molecule has 3 rings (SSSR count). The van der Waals surface area contributed by atoms with Gasteiger partial charge < -0.3 is 10.1 Å². The Hall–Kier alpha value is -4.15. The van der Waals surface area contributed by atoms with Gasteiger partial charge >= 0.3 is 0 Å². The number of nitriles is 1. The van der Waals surface area contributed by atoms with Crippen molar-refractivity contribution >= 4 is 35.0 Å². The van der Waals surface area contributed by atoms with Gasteiger partial charge in [0, 0.05) is 12.1 Å². The molecule has 7 nitrogen and oxygen atoms in total. The number of nitrogens with zero attached hydrogens (tertiary/aromatic N) is 2. The van der Waals surface area contributed by atoms with Gasteiger partial charge in [-0.25, -0.2) is 0 Å². The summed E-state index contributed by atoms with van der Waals surface area (Å²) in [6.07, 6.45) is 1.40. The normalized spacial score (nSPS) is 10.8. The van der Waals surface area contributed by atoms with Crippen LogP contribution in [-0.2, 0) is 11.4 Å². The number of hydrogen-bond acceptors (Lipinski definition) is 5. The number of nitro benzene ring substituents is 1. The third-order valence-electron chi connectivity index (χ3n) is 4.19. The van der Waals surface area contributed by atoms with E-state index in [2.05, 4.69) is 5.32 Å². The van der Waals surface area contributed by atoms with Gasteiger partial charge in [0.25, 0.3) is 11.6 Å². The van der Waals surface area contributed by atoms with Crippen LogP contribution in [0.1, 0.15) is 11.1 Å². The zero-order chi connectivity index (χ0) is 22.2. The van der Waals surface area contributed by atoms with Gasteiger partial charge in [-0.15, -0.1) is 0 Å². The molecule has 0 aliphatic carbocycles. The first kappa shape index (κ1) is 21.6. The van der Waals surface area contributed by atoms with E-state index in [9.17, 15) is 20.2 Å². The van der Waals surface area contributed by atoms with Gasteiger partial charge in [-0.2, -0.15) is 5.26 Å². The molecule has 0 radical (unpaired) electrons. The summed E-state index contributed by atoms with van der Waals surface area (Å²) in [5.74, 6) is -0.155. The number of ether oxygens (including phenoxy) is 1. The maximum absolute atomic E-state index is 12.5. The molecule has 3 aromatic rings. The van der Waals surface area contributed by atoms with Crippen molar-refractivity contribution < 1.29 is 14.5 Å². The van der Waals surface area contributed by atoms with Crippen molar-refractivity contribution in [1.82, 2.24) is 0 Å². The molecule has 31 heavy (non-hydrogen) atoms. The minimum Gasteiger partial charge on any atom is -0.489 e. The predicted octanol–water partition coefficient (Wildman–Crippen LogP) is 5.37. The topological polar surface area (TPSA) is 105 Å². The van der Waals surface area contributed by atoms with Crippen LogP contribution in [0.3, 0.4) is 0 Å². The van der Waals surface area contributed by atoms with Crippen molar-refractivity contribution in [3.05, 3.63) is 105 Å². The van der Waals surface area contributed by atoms with Crippen LogP contribution in [0.25, 0.3) is 6.08 Å². The van der Waals surface area contributed by atoms with Crippen LogP contribution in [0.5, 0.6) is 5.75 Å². The molecule has 0 aliphatic rings. The van der Waals surface area contributed by atoms with Crippen molar-refractivity contribution in [2.45, 2.75) is 6.61 Å². The van der Waals surface area contributed by atoms with Gasteiger partial charge in [0.05, 0.1) is 15.6 Å². The van der Waals surface area contributed by atoms with Gasteiger partial charge in [-0.05, 0) is 35.4 Å². The van der Waals surface area contributed by atoms with Crippen molar-refractivity contribution in [2.75, 3.05) is 5.32 Å². The number of carbonyl (C=O) groups is 1. The van der Waals surface area contributed by atoms with Crippen molar-refractivity contribution in [3.63, 3.8) is 0 Å². The van der Waals surface area contributed by atoms with Crippen LogP contribution in [0, 0.1) is 21.4 Å². The largest absolute Gasteiger partial charge is 0.489 e. The second-order valence-electron chi connectivity index (χ2n) is 6.39. The highest BCUT2D eigenvalue weighted by Gasteiger charge is 2.15. The Bertz CT molecular complexity index is 1190. The number of amides is 1. The van der Waals surface area contributed by atoms with Crippen LogP contribution >= 0.6 is 11.6 Å². The van der Waals surface area contributed by atoms with Gasteiger partial charge in [-0.3, -0.25) is 14.9 Å². The Morgan fingerprint density at radius 1 is 1.13 bits per heavy atom. The maximum Gasteiger partial charge on any atom is 0.271 e. The first-order valence-corrected chi connectivity index (χ1v) is 9.48. The summed E-state index contributed by atoms with van der Waals surface area (Å²) in [5, 5.41) is 22.9. The Kier molecular flexibility index (Phi) is 6.99. The van der Waals surface area contributed by atoms with E-state index in [1.165, 1.54) is 18.2 Å². The van der Waals surface area contributed by atoms with E-state index in [4.69, 9.17) is 16.3 Å². The lowest BCUT2D eigenvalue weighted by Crippen LogP contribution is -2.14. The van der Waals surface area contributed by atoms with Crippen LogP contribution < -0.4 is 10.1 Å². The first-order chi connectivity index (χ1) is 15.0. The molecule has 3 aromatic carbocycles. The number of rotatable bonds is 7. The third kappa shape index (κ3) is 5.92. The number of nitro groups is 1. The van der Waals surface area contributed by atoms with Gasteiger partial charge in [0.15, 0.2) is 0 Å². The lowest BCUT2D eigenvalue weighted by molar-refractivity contribution is -0.384. The summed E-state index contributed by atoms with van der Waals surface area (Å²) < 4.78 is 5.76. The van der Waals surface area contributed by atoms with Crippen LogP contribution in [0.4, 0.5) is 11.4 Å². The van der Waals surface area contributed by atoms with E-state index in [1.54, 1.807) is 24.3 Å². The minimum atomic E-state index is -0.736. The molecular formula is C23H16ClN3O4. The van der Waals surface area contributed by atoms with Gasteiger partial charge in [0.2, 0.25) is 0 Å². The highest BCUT2D eigenvalue weighted by molar-refractivity contribution is 6.34. The van der Waals surface area contributed by atoms with Crippen LogP contribution in [-0.4, -0.2) is 10.8 Å². The van der Waals surface area contributed by atoms with E-state index >= 15 is 0 Å². The Morgan fingerprint density at radius 2 is 1.90 bits per heavy atom. The number of carbonyl (C=O) groups excluding carboxylic acids is 1. The maximum atomic E-state index is 12.5. The fraction of sp³-hybridized carbons (Fsp3) is 0.0435. The van der Waals surface area contributed by atoms with Gasteiger partial charge in [-0.1, -0.05) is 54.1 Å². The van der Waals surface area contributed by atoms with E-state index in [1.807, 2.05) is 36.4 Å². The zero-order valence-corrected chi connectivity index (χ0v) is 16.9. The molecule has 154 valence electrons. The number of benzene rings is 3. The van der Waals surface area contributed by atoms with Crippen molar-refractivity contribution in [2.24, 2.45) is 0 Å². The molecule has 0 aliphatic heterocycles. The number of anilines is 1. The molecule has 8 heteroatoms. The Balaban J connectivity index is 1.75. The van der Waals surface area contributed by atoms with Crippen LogP contribution in [0.15, 0.2) is 78.4 Å². The highest BCUT2D eigenvalue weighted by Crippen LogP contribution is 2.27. The van der Waals surface area contributed by atoms with Crippen molar-refractivity contribution in [3.8, 4) is 11.8 Å². The van der Waals surface area contributed by atoms with Gasteiger partial charge in [0.1, 0.15) is 24.0 Å². The summed E-state index contributed by atoms with van der Waals surface area (Å²) in [5.41, 5.74) is 1.21. The molecule has 1 N–H and O–H groups in total. The van der Waals surface area contributed by atoms with E-state index in [0.717, 1.165) is 11.6 Å². The fourth-order valence-electron chi connectivity index (χ4n) is 2.66. The lowest BCUT2D eigenvalue weighted by Gasteiger charge is -2.08. The molecule has 0 aromatic heterocycles. The van der Waals surface area contributed by atoms with E-state index in [0.29, 0.717) is 17.9 Å². The summed E-state index contributed by atoms with van der Waals surface area (Å²) in [6, 6.07) is 22.1. The summed E-state index contributed by atoms with van der Waals surface area (Å²) >= 11 is 6.00. The molecule has 0 fully saturated rings. The number of non-ortho nitro benzene ring substituents is 1. The molecule has 0 unspecified atom stereocenters. The molecule has 1 amide bonds. The lowest BCUT2D eigenvalue weighted by atomic mass is 10.1. The average Bonchev–Trinajstić information content (AvgIpc) is 2.78. The summed E-state index contributed by atoms with van der Waals surface area (Å²) in [7, 11) is 0. The third-order valence-corrected chi connectivity index (χ3v) is 4.52. The second kappa shape index (κ2) is 10.1. The quantitative estimate of drug-likeness (QED) is 0.233. The Morgan fingerprint density at radius 3 is 2.61 bits per heavy atom. The number of halogens is 1. The molecular weight excluding hydrogens is 418 g/mol. The average molecular weight is 434 g/mol. The monoisotopic (exact) mass is 433 g/mol. The van der Waals surface area contributed by atoms with Crippen molar-refractivity contribution in [1.29, 1.82) is 5.26 Å². The fourth-order valence-corrected chi connectivity index (χ4v) is 2.83. The van der Waals surface area contributed by atoms with E-state index in [-0.39, 0.29) is 22.0 Å². The predicted molar refractivity (Wildman–Crippen MR) is 118 cm³/mol. The minimum absolute atomic E-state index is 0.0435.